The van der Waals surface area contributed by atoms with Crippen molar-refractivity contribution in [2.75, 3.05) is 18.5 Å². The van der Waals surface area contributed by atoms with Gasteiger partial charge in [0.1, 0.15) is 16.9 Å². The van der Waals surface area contributed by atoms with E-state index in [1.165, 1.54) is 23.7 Å². The monoisotopic (exact) mass is 453 g/mol. The molecule has 1 amide bonds. The number of nitrogens with zero attached hydrogens (tertiary/aromatic N) is 3. The molecule has 3 N–H and O–H groups in total. The molecule has 2 atom stereocenters. The molecule has 1 aliphatic heterocycles. The molecule has 7 nitrogen and oxygen atoms in total. The molecule has 0 spiro atoms. The Hall–Kier alpha value is -2.76. The number of rotatable bonds is 3. The molecular weight excluding hydrogens is 431 g/mol. The number of carbonyl (C=O) groups is 1. The van der Waals surface area contributed by atoms with Crippen LogP contribution in [0.15, 0.2) is 36.0 Å². The maximum Gasteiger partial charge on any atom is 0.275 e. The van der Waals surface area contributed by atoms with Gasteiger partial charge in [-0.1, -0.05) is 6.07 Å². The van der Waals surface area contributed by atoms with Crippen molar-refractivity contribution < 1.29 is 22.7 Å². The maximum atomic E-state index is 13.7. The molecule has 4 rings (SSSR count). The number of benzene rings is 1. The second kappa shape index (κ2) is 10.5. The van der Waals surface area contributed by atoms with Crippen LogP contribution in [0, 0.1) is 11.6 Å². The van der Waals surface area contributed by atoms with Crippen molar-refractivity contribution in [3.8, 4) is 10.6 Å². The van der Waals surface area contributed by atoms with E-state index in [1.807, 2.05) is 0 Å². The van der Waals surface area contributed by atoms with Gasteiger partial charge in [0.05, 0.1) is 18.5 Å². The third kappa shape index (κ3) is 6.12. The Labute approximate surface area is 181 Å². The van der Waals surface area contributed by atoms with Crippen molar-refractivity contribution in [1.82, 2.24) is 14.8 Å². The van der Waals surface area contributed by atoms with Crippen LogP contribution in [-0.4, -0.2) is 46.1 Å². The summed E-state index contributed by atoms with van der Waals surface area (Å²) in [5.74, 6) is -2.36. The van der Waals surface area contributed by atoms with E-state index in [0.717, 1.165) is 30.2 Å². The van der Waals surface area contributed by atoms with Gasteiger partial charge in [-0.25, -0.2) is 18.2 Å². The number of ether oxygens (including phenoxy) is 1. The topological polar surface area (TPSA) is 95.1 Å². The summed E-state index contributed by atoms with van der Waals surface area (Å²) in [4.78, 5) is 16.1. The van der Waals surface area contributed by atoms with Gasteiger partial charge < -0.3 is 15.8 Å². The predicted molar refractivity (Wildman–Crippen MR) is 112 cm³/mol. The fourth-order valence-electron chi connectivity index (χ4n) is 2.77. The number of aryl methyl sites for hydroxylation is 1. The average Bonchev–Trinajstić information content (AvgIpc) is 3.35. The van der Waals surface area contributed by atoms with Gasteiger partial charge in [-0.05, 0) is 25.0 Å². The molecule has 0 bridgehead atoms. The average molecular weight is 453 g/mol. The summed E-state index contributed by atoms with van der Waals surface area (Å²) in [7, 11) is 1.73. The minimum atomic E-state index is -0.976. The molecule has 3 heterocycles. The van der Waals surface area contributed by atoms with E-state index in [9.17, 15) is 18.0 Å². The van der Waals surface area contributed by atoms with Gasteiger partial charge in [0.2, 0.25) is 0 Å². The molecule has 3 aromatic rings. The van der Waals surface area contributed by atoms with E-state index < -0.39 is 23.7 Å². The quantitative estimate of drug-likeness (QED) is 0.633. The zero-order valence-electron chi connectivity index (χ0n) is 16.7. The number of amides is 1. The van der Waals surface area contributed by atoms with Crippen molar-refractivity contribution in [2.45, 2.75) is 25.1 Å². The second-order valence-electron chi connectivity index (χ2n) is 6.89. The van der Waals surface area contributed by atoms with E-state index in [0.29, 0.717) is 12.3 Å². The molecule has 0 aliphatic carbocycles. The van der Waals surface area contributed by atoms with Crippen LogP contribution in [0.2, 0.25) is 0 Å². The molecule has 0 saturated carbocycles. The lowest BCUT2D eigenvalue weighted by atomic mass is 10.1. The van der Waals surface area contributed by atoms with Crippen LogP contribution in [0.5, 0.6) is 0 Å². The molecule has 2 aromatic heterocycles. The number of nitrogens with one attached hydrogen (secondary N) is 1. The first-order chi connectivity index (χ1) is 14.8. The number of thiazole rings is 1. The van der Waals surface area contributed by atoms with Crippen LogP contribution in [0.1, 0.15) is 23.3 Å². The number of carbonyl (C=O) groups excluding carboxylic acids is 1. The van der Waals surface area contributed by atoms with Gasteiger partial charge in [-0.15, -0.1) is 11.3 Å². The van der Waals surface area contributed by atoms with Crippen molar-refractivity contribution in [1.29, 1.82) is 0 Å². The summed E-state index contributed by atoms with van der Waals surface area (Å²) in [6.07, 6.45) is 3.82. The summed E-state index contributed by atoms with van der Waals surface area (Å²) in [6.45, 7) is 0.843. The normalized spacial score (nSPS) is 18.6. The van der Waals surface area contributed by atoms with Crippen LogP contribution >= 0.6 is 11.3 Å². The Bertz CT molecular complexity index is 1020. The predicted octanol–water partition coefficient (Wildman–Crippen LogP) is 3.54. The van der Waals surface area contributed by atoms with E-state index in [-0.39, 0.29) is 28.9 Å². The Morgan fingerprint density at radius 3 is 2.94 bits per heavy atom. The number of alkyl halides is 1. The Morgan fingerprint density at radius 1 is 1.39 bits per heavy atom. The first-order valence-corrected chi connectivity index (χ1v) is 10.4. The Balaban J connectivity index is 0.000000254. The SMILES string of the molecule is Cn1cc(NC(=O)c2csc(-c3cccc(F)c3F)n2)cn1.NC1CCCOCC1F. The van der Waals surface area contributed by atoms with Crippen molar-refractivity contribution in [2.24, 2.45) is 12.8 Å². The van der Waals surface area contributed by atoms with Gasteiger partial charge in [-0.3, -0.25) is 9.48 Å². The third-order valence-electron chi connectivity index (χ3n) is 4.45. The van der Waals surface area contributed by atoms with E-state index >= 15 is 0 Å². The number of aromatic nitrogens is 3. The third-order valence-corrected chi connectivity index (χ3v) is 5.32. The highest BCUT2D eigenvalue weighted by Gasteiger charge is 2.19. The summed E-state index contributed by atoms with van der Waals surface area (Å²) in [6, 6.07) is 3.54. The fourth-order valence-corrected chi connectivity index (χ4v) is 3.59. The van der Waals surface area contributed by atoms with Crippen LogP contribution < -0.4 is 11.1 Å². The molecule has 31 heavy (non-hydrogen) atoms. The molecule has 11 heteroatoms. The number of nitrogens with two attached hydrogens (primary N) is 1. The number of halogens is 3. The van der Waals surface area contributed by atoms with Gasteiger partial charge in [0.15, 0.2) is 11.6 Å². The molecular formula is C20H22F3N5O2S. The fraction of sp³-hybridized carbons (Fsp3) is 0.350. The van der Waals surface area contributed by atoms with Gasteiger partial charge in [0.25, 0.3) is 5.91 Å². The summed E-state index contributed by atoms with van der Waals surface area (Å²) in [5.41, 5.74) is 6.11. The molecule has 166 valence electrons. The molecule has 1 aromatic carbocycles. The zero-order chi connectivity index (χ0) is 22.4. The van der Waals surface area contributed by atoms with E-state index in [2.05, 4.69) is 15.4 Å². The molecule has 1 aliphatic rings. The van der Waals surface area contributed by atoms with Crippen LogP contribution in [0.3, 0.4) is 0 Å². The summed E-state index contributed by atoms with van der Waals surface area (Å²) >= 11 is 1.07. The van der Waals surface area contributed by atoms with Crippen molar-refractivity contribution in [3.05, 3.63) is 53.3 Å². The lowest BCUT2D eigenvalue weighted by Crippen LogP contribution is -2.32. The van der Waals surface area contributed by atoms with E-state index in [1.54, 1.807) is 17.9 Å². The number of anilines is 1. The van der Waals surface area contributed by atoms with E-state index in [4.69, 9.17) is 10.5 Å². The molecule has 0 radical (unpaired) electrons. The second-order valence-corrected chi connectivity index (χ2v) is 7.75. The molecule has 1 fully saturated rings. The maximum absolute atomic E-state index is 13.7. The highest BCUT2D eigenvalue weighted by atomic mass is 32.1. The lowest BCUT2D eigenvalue weighted by Gasteiger charge is -2.10. The minimum absolute atomic E-state index is 0.0328. The van der Waals surface area contributed by atoms with Crippen LogP contribution in [-0.2, 0) is 11.8 Å². The Morgan fingerprint density at radius 2 is 2.19 bits per heavy atom. The van der Waals surface area contributed by atoms with Gasteiger partial charge in [-0.2, -0.15) is 5.10 Å². The first kappa shape index (κ1) is 22.9. The minimum Gasteiger partial charge on any atom is -0.378 e. The first-order valence-electron chi connectivity index (χ1n) is 9.52. The summed E-state index contributed by atoms with van der Waals surface area (Å²) < 4.78 is 46.0. The molecule has 1 saturated heterocycles. The van der Waals surface area contributed by atoms with Crippen molar-refractivity contribution in [3.63, 3.8) is 0 Å². The lowest BCUT2D eigenvalue weighted by molar-refractivity contribution is 0.0923. The summed E-state index contributed by atoms with van der Waals surface area (Å²) in [5, 5.41) is 8.29. The van der Waals surface area contributed by atoms with Crippen LogP contribution in [0.4, 0.5) is 18.9 Å². The highest BCUT2D eigenvalue weighted by molar-refractivity contribution is 7.13. The standard InChI is InChI=1S/C14H10F2N4OS.C6H12FNO/c1-20-6-8(5-17-20)18-13(21)11-7-22-14(19-11)9-3-2-4-10(15)12(9)16;7-5-4-9-3-1-2-6(5)8/h2-7H,1H3,(H,18,21);5-6H,1-4,8H2. The smallest absolute Gasteiger partial charge is 0.275 e. The van der Waals surface area contributed by atoms with Crippen molar-refractivity contribution >= 4 is 22.9 Å². The van der Waals surface area contributed by atoms with Gasteiger partial charge >= 0.3 is 0 Å². The zero-order valence-corrected chi connectivity index (χ0v) is 17.5. The molecule has 2 unspecified atom stereocenters. The number of hydrogen-bond acceptors (Lipinski definition) is 6. The van der Waals surface area contributed by atoms with Gasteiger partial charge in [0, 0.05) is 36.8 Å². The van der Waals surface area contributed by atoms with Crippen LogP contribution in [0.25, 0.3) is 10.6 Å². The Kier molecular flexibility index (Phi) is 7.77. The highest BCUT2D eigenvalue weighted by Crippen LogP contribution is 2.27. The number of hydrogen-bond donors (Lipinski definition) is 2. The largest absolute Gasteiger partial charge is 0.378 e.